The molecule has 0 heterocycles. The molecule has 0 aliphatic rings. The molecule has 0 saturated carbocycles. The fraction of sp³-hybridized carbons (Fsp3) is 0.208. The van der Waals surface area contributed by atoms with Gasteiger partial charge in [0.1, 0.15) is 18.1 Å². The van der Waals surface area contributed by atoms with Crippen LogP contribution in [-0.2, 0) is 13.2 Å². The Morgan fingerprint density at radius 3 is 2.47 bits per heavy atom. The molecule has 1 N–H and O–H groups in total. The van der Waals surface area contributed by atoms with Gasteiger partial charge in [-0.3, -0.25) is 4.79 Å². The number of carbonyl (C=O) groups is 1. The maximum Gasteiger partial charge on any atom is 0.251 e. The summed E-state index contributed by atoms with van der Waals surface area (Å²) in [6.07, 6.45) is 0. The second kappa shape index (κ2) is 10.4. The van der Waals surface area contributed by atoms with Gasteiger partial charge in [0.2, 0.25) is 0 Å². The lowest BCUT2D eigenvalue weighted by atomic mass is 10.1. The molecule has 0 aliphatic carbocycles. The number of benzene rings is 3. The van der Waals surface area contributed by atoms with Crippen LogP contribution in [0.15, 0.2) is 60.7 Å². The van der Waals surface area contributed by atoms with Crippen LogP contribution in [0.4, 0.5) is 0 Å². The summed E-state index contributed by atoms with van der Waals surface area (Å²) in [6.45, 7) is 4.97. The van der Waals surface area contributed by atoms with Crippen molar-refractivity contribution in [3.05, 3.63) is 93.0 Å². The van der Waals surface area contributed by atoms with E-state index in [1.807, 2.05) is 44.2 Å². The molecule has 3 aromatic rings. The minimum absolute atomic E-state index is 0.193. The first-order valence-corrected chi connectivity index (χ1v) is 10.4. The van der Waals surface area contributed by atoms with Crippen LogP contribution in [0.3, 0.4) is 0 Å². The molecule has 0 radical (unpaired) electrons. The van der Waals surface area contributed by atoms with Gasteiger partial charge in [-0.1, -0.05) is 41.4 Å². The van der Waals surface area contributed by atoms with E-state index >= 15 is 0 Å². The fourth-order valence-corrected chi connectivity index (χ4v) is 3.24. The molecular formula is C24H23Cl2NO3. The minimum Gasteiger partial charge on any atom is -0.493 e. The molecule has 6 heteroatoms. The summed E-state index contributed by atoms with van der Waals surface area (Å²) in [5.74, 6) is 1.19. The molecule has 3 aromatic carbocycles. The zero-order chi connectivity index (χ0) is 21.5. The molecule has 0 saturated heterocycles. The van der Waals surface area contributed by atoms with Gasteiger partial charge < -0.3 is 14.8 Å². The minimum atomic E-state index is -0.193. The molecule has 30 heavy (non-hydrogen) atoms. The Kier molecular flexibility index (Phi) is 7.61. The van der Waals surface area contributed by atoms with Gasteiger partial charge in [0.25, 0.3) is 5.91 Å². The van der Waals surface area contributed by atoms with E-state index in [1.165, 1.54) is 0 Å². The van der Waals surface area contributed by atoms with Crippen LogP contribution in [0, 0.1) is 6.92 Å². The lowest BCUT2D eigenvalue weighted by molar-refractivity contribution is 0.0950. The summed E-state index contributed by atoms with van der Waals surface area (Å²) in [5, 5.41) is 4.21. The molecule has 0 bridgehead atoms. The standard InChI is InChI=1S/C24H23Cl2NO3/c1-3-29-23-11-8-17(24(28)27-14-18-6-4-5-7-22(18)26)13-19(23)15-30-20-9-10-21(25)16(2)12-20/h4-13H,3,14-15H2,1-2H3,(H,27,28). The van der Waals surface area contributed by atoms with Crippen molar-refractivity contribution in [3.63, 3.8) is 0 Å². The van der Waals surface area contributed by atoms with Gasteiger partial charge in [0.05, 0.1) is 6.61 Å². The average molecular weight is 444 g/mol. The van der Waals surface area contributed by atoms with Crippen LogP contribution in [0.2, 0.25) is 10.0 Å². The van der Waals surface area contributed by atoms with Crippen molar-refractivity contribution in [2.45, 2.75) is 27.0 Å². The van der Waals surface area contributed by atoms with E-state index in [0.717, 1.165) is 16.7 Å². The number of aryl methyl sites for hydroxylation is 1. The van der Waals surface area contributed by atoms with E-state index in [0.29, 0.717) is 40.3 Å². The van der Waals surface area contributed by atoms with Gasteiger partial charge in [0.15, 0.2) is 0 Å². The van der Waals surface area contributed by atoms with Crippen molar-refractivity contribution in [1.29, 1.82) is 0 Å². The second-order valence-electron chi connectivity index (χ2n) is 6.73. The molecular weight excluding hydrogens is 421 g/mol. The first kappa shape index (κ1) is 22.0. The summed E-state index contributed by atoms with van der Waals surface area (Å²) in [7, 11) is 0. The van der Waals surface area contributed by atoms with Gasteiger partial charge in [-0.25, -0.2) is 0 Å². The molecule has 3 rings (SSSR count). The van der Waals surface area contributed by atoms with Crippen LogP contribution in [0.5, 0.6) is 11.5 Å². The van der Waals surface area contributed by atoms with Crippen LogP contribution >= 0.6 is 23.2 Å². The molecule has 1 amide bonds. The van der Waals surface area contributed by atoms with E-state index in [9.17, 15) is 4.79 Å². The Labute approximate surface area is 186 Å². The van der Waals surface area contributed by atoms with Gasteiger partial charge >= 0.3 is 0 Å². The topological polar surface area (TPSA) is 47.6 Å². The number of ether oxygens (including phenoxy) is 2. The zero-order valence-electron chi connectivity index (χ0n) is 16.9. The molecule has 0 unspecified atom stereocenters. The third-order valence-electron chi connectivity index (χ3n) is 4.54. The van der Waals surface area contributed by atoms with Crippen molar-refractivity contribution in [3.8, 4) is 11.5 Å². The summed E-state index contributed by atoms with van der Waals surface area (Å²) in [6, 6.07) is 18.2. The lowest BCUT2D eigenvalue weighted by Crippen LogP contribution is -2.23. The highest BCUT2D eigenvalue weighted by Crippen LogP contribution is 2.25. The molecule has 0 spiro atoms. The number of amides is 1. The normalized spacial score (nSPS) is 10.5. The number of hydrogen-bond acceptors (Lipinski definition) is 3. The number of rotatable bonds is 8. The first-order chi connectivity index (χ1) is 14.5. The Hall–Kier alpha value is -2.69. The van der Waals surface area contributed by atoms with Crippen molar-refractivity contribution >= 4 is 29.1 Å². The van der Waals surface area contributed by atoms with Crippen LogP contribution in [0.1, 0.15) is 34.0 Å². The summed E-state index contributed by atoms with van der Waals surface area (Å²) >= 11 is 12.2. The monoisotopic (exact) mass is 443 g/mol. The molecule has 0 fully saturated rings. The molecule has 0 atom stereocenters. The van der Waals surface area contributed by atoms with E-state index in [2.05, 4.69) is 5.32 Å². The molecule has 4 nitrogen and oxygen atoms in total. The summed E-state index contributed by atoms with van der Waals surface area (Å²) < 4.78 is 11.6. The predicted molar refractivity (Wildman–Crippen MR) is 121 cm³/mol. The predicted octanol–water partition coefficient (Wildman–Crippen LogP) is 6.21. The lowest BCUT2D eigenvalue weighted by Gasteiger charge is -2.14. The maximum absolute atomic E-state index is 12.7. The number of hydrogen-bond donors (Lipinski definition) is 1. The molecule has 0 aromatic heterocycles. The van der Waals surface area contributed by atoms with E-state index in [1.54, 1.807) is 30.3 Å². The quantitative estimate of drug-likeness (QED) is 0.450. The van der Waals surface area contributed by atoms with Gasteiger partial charge in [0, 0.05) is 27.7 Å². The highest BCUT2D eigenvalue weighted by Gasteiger charge is 2.12. The number of halogens is 2. The average Bonchev–Trinajstić information content (AvgIpc) is 2.74. The second-order valence-corrected chi connectivity index (χ2v) is 7.54. The Morgan fingerprint density at radius 2 is 1.73 bits per heavy atom. The van der Waals surface area contributed by atoms with Crippen LogP contribution in [0.25, 0.3) is 0 Å². The van der Waals surface area contributed by atoms with Gasteiger partial charge in [-0.05, 0) is 67.4 Å². The van der Waals surface area contributed by atoms with Crippen molar-refractivity contribution in [1.82, 2.24) is 5.32 Å². The summed E-state index contributed by atoms with van der Waals surface area (Å²) in [4.78, 5) is 12.7. The van der Waals surface area contributed by atoms with E-state index in [-0.39, 0.29) is 12.5 Å². The molecule has 0 aliphatic heterocycles. The third-order valence-corrected chi connectivity index (χ3v) is 5.34. The van der Waals surface area contributed by atoms with Crippen molar-refractivity contribution < 1.29 is 14.3 Å². The van der Waals surface area contributed by atoms with Gasteiger partial charge in [-0.2, -0.15) is 0 Å². The number of carbonyl (C=O) groups excluding carboxylic acids is 1. The van der Waals surface area contributed by atoms with E-state index < -0.39 is 0 Å². The van der Waals surface area contributed by atoms with Crippen molar-refractivity contribution in [2.75, 3.05) is 6.61 Å². The summed E-state index contributed by atoms with van der Waals surface area (Å²) in [5.41, 5.74) is 3.11. The highest BCUT2D eigenvalue weighted by atomic mass is 35.5. The Bertz CT molecular complexity index is 1040. The maximum atomic E-state index is 12.7. The third kappa shape index (κ3) is 5.68. The SMILES string of the molecule is CCOc1ccc(C(=O)NCc2ccccc2Cl)cc1COc1ccc(Cl)c(C)c1. The largest absolute Gasteiger partial charge is 0.493 e. The highest BCUT2D eigenvalue weighted by molar-refractivity contribution is 6.31. The Balaban J connectivity index is 1.73. The van der Waals surface area contributed by atoms with Crippen molar-refractivity contribution in [2.24, 2.45) is 0 Å². The van der Waals surface area contributed by atoms with E-state index in [4.69, 9.17) is 32.7 Å². The van der Waals surface area contributed by atoms with Crippen LogP contribution < -0.4 is 14.8 Å². The van der Waals surface area contributed by atoms with Crippen LogP contribution in [-0.4, -0.2) is 12.5 Å². The zero-order valence-corrected chi connectivity index (χ0v) is 18.4. The number of nitrogens with one attached hydrogen (secondary N) is 1. The first-order valence-electron chi connectivity index (χ1n) is 9.64. The molecule has 156 valence electrons. The van der Waals surface area contributed by atoms with Gasteiger partial charge in [-0.15, -0.1) is 0 Å². The Morgan fingerprint density at radius 1 is 0.933 bits per heavy atom. The smallest absolute Gasteiger partial charge is 0.251 e. The fourth-order valence-electron chi connectivity index (χ4n) is 2.92.